The van der Waals surface area contributed by atoms with E-state index < -0.39 is 5.97 Å². The monoisotopic (exact) mass is 385 g/mol. The number of amides is 1. The summed E-state index contributed by atoms with van der Waals surface area (Å²) in [4.78, 5) is 23.3. The van der Waals surface area contributed by atoms with Crippen LogP contribution in [0, 0.1) is 27.7 Å². The molecule has 0 bridgehead atoms. The summed E-state index contributed by atoms with van der Waals surface area (Å²) in [6, 6.07) is 1.35. The fraction of sp³-hybridized carbons (Fsp3) is 0.389. The lowest BCUT2D eigenvalue weighted by molar-refractivity contribution is -0.116. The molecule has 0 unspecified atom stereocenters. The smallest absolute Gasteiger partial charge is 0.356 e. The molecule has 3 aromatic heterocycles. The van der Waals surface area contributed by atoms with E-state index in [4.69, 9.17) is 5.11 Å². The number of carboxylic acid groups (broad SMARTS) is 1. The number of anilines is 1. The van der Waals surface area contributed by atoms with Gasteiger partial charge >= 0.3 is 5.97 Å². The maximum Gasteiger partial charge on any atom is 0.356 e. The maximum absolute atomic E-state index is 12.4. The van der Waals surface area contributed by atoms with Crippen LogP contribution in [0.3, 0.4) is 0 Å². The average Bonchev–Trinajstić information content (AvgIpc) is 3.25. The SMILES string of the molecule is Cc1nn(C)c(C)c1Cn1nc(C)c(NC(=O)Cn2ccc(C(=O)O)n2)c1C. The van der Waals surface area contributed by atoms with Crippen molar-refractivity contribution in [3.63, 3.8) is 0 Å². The summed E-state index contributed by atoms with van der Waals surface area (Å²) in [6.07, 6.45) is 1.46. The molecule has 3 aromatic rings. The molecule has 10 heteroatoms. The van der Waals surface area contributed by atoms with Crippen molar-refractivity contribution in [2.24, 2.45) is 7.05 Å². The highest BCUT2D eigenvalue weighted by Crippen LogP contribution is 2.22. The van der Waals surface area contributed by atoms with E-state index in [1.54, 1.807) is 0 Å². The summed E-state index contributed by atoms with van der Waals surface area (Å²) in [5, 5.41) is 24.6. The number of nitrogens with zero attached hydrogens (tertiary/aromatic N) is 6. The van der Waals surface area contributed by atoms with Gasteiger partial charge in [0.25, 0.3) is 0 Å². The largest absolute Gasteiger partial charge is 0.476 e. The molecule has 0 radical (unpaired) electrons. The molecule has 0 aromatic carbocycles. The minimum Gasteiger partial charge on any atom is -0.476 e. The number of carboxylic acids is 1. The van der Waals surface area contributed by atoms with Crippen molar-refractivity contribution >= 4 is 17.6 Å². The summed E-state index contributed by atoms with van der Waals surface area (Å²) in [7, 11) is 1.91. The third kappa shape index (κ3) is 3.66. The first-order chi connectivity index (χ1) is 13.2. The van der Waals surface area contributed by atoms with E-state index in [1.165, 1.54) is 16.9 Å². The standard InChI is InChI=1S/C18H23N7O3/c1-10-14(12(3)23(5)20-10)8-25-13(4)17(11(2)21-25)19-16(26)9-24-7-6-15(22-24)18(27)28/h6-7H,8-9H2,1-5H3,(H,19,26)(H,27,28). The molecule has 10 nitrogen and oxygen atoms in total. The molecule has 0 fully saturated rings. The van der Waals surface area contributed by atoms with Crippen molar-refractivity contribution in [1.29, 1.82) is 0 Å². The Labute approximate surface area is 161 Å². The Morgan fingerprint density at radius 2 is 1.79 bits per heavy atom. The lowest BCUT2D eigenvalue weighted by atomic mass is 10.2. The van der Waals surface area contributed by atoms with E-state index in [0.29, 0.717) is 17.9 Å². The molecule has 148 valence electrons. The number of aromatic carboxylic acids is 1. The van der Waals surface area contributed by atoms with Crippen molar-refractivity contribution in [2.45, 2.75) is 40.8 Å². The van der Waals surface area contributed by atoms with Crippen LogP contribution in [-0.4, -0.2) is 46.3 Å². The second kappa shape index (κ2) is 7.29. The van der Waals surface area contributed by atoms with Gasteiger partial charge in [-0.1, -0.05) is 0 Å². The molecule has 0 saturated carbocycles. The van der Waals surface area contributed by atoms with E-state index >= 15 is 0 Å². The zero-order valence-corrected chi connectivity index (χ0v) is 16.5. The van der Waals surface area contributed by atoms with Gasteiger partial charge in [0.05, 0.1) is 29.3 Å². The fourth-order valence-electron chi connectivity index (χ4n) is 3.12. The van der Waals surface area contributed by atoms with Gasteiger partial charge in [-0.05, 0) is 33.8 Å². The molecular formula is C18H23N7O3. The molecule has 0 aliphatic rings. The Morgan fingerprint density at radius 3 is 2.36 bits per heavy atom. The van der Waals surface area contributed by atoms with Crippen molar-refractivity contribution in [2.75, 3.05) is 5.32 Å². The van der Waals surface area contributed by atoms with Gasteiger partial charge in [-0.25, -0.2) is 4.79 Å². The number of carbonyl (C=O) groups is 2. The molecule has 0 atom stereocenters. The second-order valence-electron chi connectivity index (χ2n) is 6.73. The van der Waals surface area contributed by atoms with Crippen LogP contribution in [0.1, 0.15) is 38.8 Å². The highest BCUT2D eigenvalue weighted by molar-refractivity contribution is 5.91. The van der Waals surface area contributed by atoms with Gasteiger partial charge in [-0.3, -0.25) is 18.8 Å². The number of aryl methyl sites for hydroxylation is 3. The maximum atomic E-state index is 12.4. The third-order valence-corrected chi connectivity index (χ3v) is 4.78. The average molecular weight is 385 g/mol. The molecule has 2 N–H and O–H groups in total. The van der Waals surface area contributed by atoms with E-state index in [9.17, 15) is 9.59 Å². The van der Waals surface area contributed by atoms with Gasteiger partial charge in [-0.2, -0.15) is 15.3 Å². The predicted molar refractivity (Wildman–Crippen MR) is 101 cm³/mol. The topological polar surface area (TPSA) is 120 Å². The number of rotatable bonds is 6. The summed E-state index contributed by atoms with van der Waals surface area (Å²) >= 11 is 0. The van der Waals surface area contributed by atoms with E-state index in [0.717, 1.165) is 22.6 Å². The number of hydrogen-bond acceptors (Lipinski definition) is 5. The summed E-state index contributed by atoms with van der Waals surface area (Å²) < 4.78 is 4.98. The van der Waals surface area contributed by atoms with Crippen LogP contribution in [0.4, 0.5) is 5.69 Å². The molecule has 0 aliphatic heterocycles. The van der Waals surface area contributed by atoms with E-state index in [-0.39, 0.29) is 18.1 Å². The van der Waals surface area contributed by atoms with Crippen LogP contribution in [0.25, 0.3) is 0 Å². The van der Waals surface area contributed by atoms with Gasteiger partial charge in [0.1, 0.15) is 6.54 Å². The van der Waals surface area contributed by atoms with Crippen LogP contribution in [-0.2, 0) is 24.9 Å². The molecular weight excluding hydrogens is 362 g/mol. The van der Waals surface area contributed by atoms with Crippen LogP contribution in [0.15, 0.2) is 12.3 Å². The van der Waals surface area contributed by atoms with Crippen LogP contribution < -0.4 is 5.32 Å². The highest BCUT2D eigenvalue weighted by atomic mass is 16.4. The van der Waals surface area contributed by atoms with Gasteiger partial charge in [0.15, 0.2) is 5.69 Å². The normalized spacial score (nSPS) is 11.0. The quantitative estimate of drug-likeness (QED) is 0.662. The van der Waals surface area contributed by atoms with E-state index in [1.807, 2.05) is 44.1 Å². The summed E-state index contributed by atoms with van der Waals surface area (Å²) in [6.45, 7) is 8.18. The molecule has 1 amide bonds. The van der Waals surface area contributed by atoms with Crippen LogP contribution in [0.2, 0.25) is 0 Å². The fourth-order valence-corrected chi connectivity index (χ4v) is 3.12. The first-order valence-corrected chi connectivity index (χ1v) is 8.77. The lowest BCUT2D eigenvalue weighted by Gasteiger charge is -2.08. The zero-order valence-electron chi connectivity index (χ0n) is 16.5. The zero-order chi connectivity index (χ0) is 20.6. The van der Waals surface area contributed by atoms with Gasteiger partial charge < -0.3 is 10.4 Å². The van der Waals surface area contributed by atoms with Crippen molar-refractivity contribution < 1.29 is 14.7 Å². The van der Waals surface area contributed by atoms with E-state index in [2.05, 4.69) is 20.6 Å². The first kappa shape index (κ1) is 19.3. The number of aromatic nitrogens is 6. The third-order valence-electron chi connectivity index (χ3n) is 4.78. The number of carbonyl (C=O) groups excluding carboxylic acids is 1. The Morgan fingerprint density at radius 1 is 1.07 bits per heavy atom. The molecule has 3 rings (SSSR count). The first-order valence-electron chi connectivity index (χ1n) is 8.77. The minimum atomic E-state index is -1.13. The van der Waals surface area contributed by atoms with Gasteiger partial charge in [0.2, 0.25) is 5.91 Å². The number of hydrogen-bond donors (Lipinski definition) is 2. The molecule has 28 heavy (non-hydrogen) atoms. The predicted octanol–water partition coefficient (Wildman–Crippen LogP) is 1.43. The Bertz CT molecular complexity index is 1060. The Kier molecular flexibility index (Phi) is 5.04. The molecule has 3 heterocycles. The summed E-state index contributed by atoms with van der Waals surface area (Å²) in [5.74, 6) is -1.44. The second-order valence-corrected chi connectivity index (χ2v) is 6.73. The molecule has 0 spiro atoms. The summed E-state index contributed by atoms with van der Waals surface area (Å²) in [5.41, 5.74) is 5.21. The van der Waals surface area contributed by atoms with Gasteiger partial charge in [0, 0.05) is 24.5 Å². The van der Waals surface area contributed by atoms with Crippen molar-refractivity contribution in [3.8, 4) is 0 Å². The lowest BCUT2D eigenvalue weighted by Crippen LogP contribution is -2.20. The van der Waals surface area contributed by atoms with Crippen molar-refractivity contribution in [3.05, 3.63) is 46.3 Å². The molecule has 0 saturated heterocycles. The van der Waals surface area contributed by atoms with Gasteiger partial charge in [-0.15, -0.1) is 0 Å². The molecule has 0 aliphatic carbocycles. The van der Waals surface area contributed by atoms with Crippen molar-refractivity contribution in [1.82, 2.24) is 29.3 Å². The number of nitrogens with one attached hydrogen (secondary N) is 1. The van der Waals surface area contributed by atoms with Crippen LogP contribution >= 0.6 is 0 Å². The Balaban J connectivity index is 1.75. The Hall–Kier alpha value is -3.43. The van der Waals surface area contributed by atoms with Crippen LogP contribution in [0.5, 0.6) is 0 Å². The highest BCUT2D eigenvalue weighted by Gasteiger charge is 2.18. The minimum absolute atomic E-state index is 0.0852.